The molecule has 0 bridgehead atoms. The number of alkyl halides is 1. The van der Waals surface area contributed by atoms with Gasteiger partial charge in [0.1, 0.15) is 12.8 Å². The summed E-state index contributed by atoms with van der Waals surface area (Å²) in [6.07, 6.45) is 4.48. The molecule has 8 nitrogen and oxygen atoms in total. The van der Waals surface area contributed by atoms with Crippen molar-refractivity contribution in [2.75, 3.05) is 66.4 Å². The van der Waals surface area contributed by atoms with Crippen LogP contribution in [0.3, 0.4) is 0 Å². The number of hydrogen-bond acceptors (Lipinski definition) is 6. The van der Waals surface area contributed by atoms with Crippen LogP contribution in [-0.2, 0) is 28.5 Å². The number of nitrogens with one attached hydrogen (secondary N) is 2. The molecule has 0 rings (SSSR count). The van der Waals surface area contributed by atoms with Crippen LogP contribution in [0.1, 0.15) is 52.4 Å². The van der Waals surface area contributed by atoms with Crippen LogP contribution in [0.15, 0.2) is 0 Å². The van der Waals surface area contributed by atoms with Crippen molar-refractivity contribution in [3.05, 3.63) is 0 Å². The van der Waals surface area contributed by atoms with Crippen LogP contribution < -0.4 is 10.6 Å². The summed E-state index contributed by atoms with van der Waals surface area (Å²) in [5, 5.41) is 5.34. The first-order valence-corrected chi connectivity index (χ1v) is 11.4. The van der Waals surface area contributed by atoms with E-state index in [9.17, 15) is 14.0 Å². The molecule has 0 aromatic heterocycles. The molecule has 0 radical (unpaired) electrons. The van der Waals surface area contributed by atoms with E-state index in [0.717, 1.165) is 38.5 Å². The second kappa shape index (κ2) is 21.9. The van der Waals surface area contributed by atoms with Crippen LogP contribution in [0.25, 0.3) is 0 Å². The van der Waals surface area contributed by atoms with Gasteiger partial charge in [0.25, 0.3) is 0 Å². The monoisotopic (exact) mass is 450 g/mol. The minimum absolute atomic E-state index is 0.0000225. The molecule has 1 unspecified atom stereocenters. The molecule has 0 fully saturated rings. The minimum Gasteiger partial charge on any atom is -0.379 e. The van der Waals surface area contributed by atoms with E-state index in [1.54, 1.807) is 13.8 Å². The van der Waals surface area contributed by atoms with Crippen molar-refractivity contribution in [1.82, 2.24) is 10.6 Å². The van der Waals surface area contributed by atoms with Gasteiger partial charge in [-0.3, -0.25) is 9.59 Å². The maximum atomic E-state index is 13.6. The van der Waals surface area contributed by atoms with E-state index in [0.29, 0.717) is 39.6 Å². The molecule has 0 saturated carbocycles. The number of carbonyl (C=O) groups excluding carboxylic acids is 2. The third-order valence-electron chi connectivity index (χ3n) is 4.33. The summed E-state index contributed by atoms with van der Waals surface area (Å²) < 4.78 is 34.6. The zero-order chi connectivity index (χ0) is 23.2. The van der Waals surface area contributed by atoms with E-state index in [2.05, 4.69) is 10.6 Å². The summed E-state index contributed by atoms with van der Waals surface area (Å²) in [5.41, 5.74) is 0. The molecular weight excluding hydrogens is 407 g/mol. The van der Waals surface area contributed by atoms with Gasteiger partial charge in [-0.15, -0.1) is 0 Å². The van der Waals surface area contributed by atoms with Crippen molar-refractivity contribution < 1.29 is 32.9 Å². The fraction of sp³-hybridized carbons (Fsp3) is 0.909. The molecule has 0 aliphatic carbocycles. The van der Waals surface area contributed by atoms with Crippen molar-refractivity contribution >= 4 is 11.8 Å². The first-order chi connectivity index (χ1) is 15.0. The molecular formula is C22H43FN2O6. The summed E-state index contributed by atoms with van der Waals surface area (Å²) in [5.74, 6) is -0.366. The van der Waals surface area contributed by atoms with Gasteiger partial charge in [0.2, 0.25) is 11.8 Å². The van der Waals surface area contributed by atoms with Gasteiger partial charge in [0, 0.05) is 39.4 Å². The van der Waals surface area contributed by atoms with E-state index < -0.39 is 6.17 Å². The highest BCUT2D eigenvalue weighted by molar-refractivity contribution is 5.77. The number of unbranched alkanes of at least 4 members (excludes halogenated alkanes) is 4. The van der Waals surface area contributed by atoms with Gasteiger partial charge < -0.3 is 29.6 Å². The highest BCUT2D eigenvalue weighted by Gasteiger charge is 2.11. The predicted molar refractivity (Wildman–Crippen MR) is 118 cm³/mol. The Morgan fingerprint density at radius 1 is 0.806 bits per heavy atom. The summed E-state index contributed by atoms with van der Waals surface area (Å²) in [4.78, 5) is 22.5. The maximum absolute atomic E-state index is 13.6. The van der Waals surface area contributed by atoms with Gasteiger partial charge in [-0.25, -0.2) is 4.39 Å². The lowest BCUT2D eigenvalue weighted by Crippen LogP contribution is -2.34. The number of methoxy groups -OCH3 is 1. The Balaban J connectivity index is 3.20. The SMILES string of the molecule is COCC(=O)NCCCCCOCCOCCCCCOCC(F)CNC(=O)C(C)C. The predicted octanol–water partition coefficient (Wildman–Crippen LogP) is 2.25. The zero-order valence-corrected chi connectivity index (χ0v) is 19.6. The van der Waals surface area contributed by atoms with Crippen LogP contribution in [-0.4, -0.2) is 84.4 Å². The lowest BCUT2D eigenvalue weighted by molar-refractivity contribution is -0.125. The summed E-state index contributed by atoms with van der Waals surface area (Å²) in [6.45, 7) is 7.38. The highest BCUT2D eigenvalue weighted by atomic mass is 19.1. The van der Waals surface area contributed by atoms with Crippen LogP contribution >= 0.6 is 0 Å². The van der Waals surface area contributed by atoms with Crippen molar-refractivity contribution in [2.24, 2.45) is 5.92 Å². The minimum atomic E-state index is -1.17. The summed E-state index contributed by atoms with van der Waals surface area (Å²) in [7, 11) is 1.50. The second-order valence-corrected chi connectivity index (χ2v) is 7.70. The quantitative estimate of drug-likeness (QED) is 0.246. The molecule has 0 heterocycles. The normalized spacial score (nSPS) is 12.2. The molecule has 0 aliphatic rings. The lowest BCUT2D eigenvalue weighted by atomic mass is 10.2. The van der Waals surface area contributed by atoms with Gasteiger partial charge in [0.15, 0.2) is 0 Å². The molecule has 31 heavy (non-hydrogen) atoms. The van der Waals surface area contributed by atoms with Crippen molar-refractivity contribution in [1.29, 1.82) is 0 Å². The van der Waals surface area contributed by atoms with Gasteiger partial charge in [-0.05, 0) is 38.5 Å². The molecule has 0 aromatic carbocycles. The lowest BCUT2D eigenvalue weighted by Gasteiger charge is -2.12. The van der Waals surface area contributed by atoms with Gasteiger partial charge >= 0.3 is 0 Å². The fourth-order valence-electron chi connectivity index (χ4n) is 2.51. The average molecular weight is 451 g/mol. The Morgan fingerprint density at radius 2 is 1.39 bits per heavy atom. The maximum Gasteiger partial charge on any atom is 0.245 e. The first kappa shape index (κ1) is 29.7. The van der Waals surface area contributed by atoms with E-state index in [1.165, 1.54) is 7.11 Å². The molecule has 0 spiro atoms. The van der Waals surface area contributed by atoms with Crippen molar-refractivity contribution in [3.8, 4) is 0 Å². The second-order valence-electron chi connectivity index (χ2n) is 7.70. The molecule has 0 aliphatic heterocycles. The third kappa shape index (κ3) is 21.7. The Hall–Kier alpha value is -1.29. The van der Waals surface area contributed by atoms with Gasteiger partial charge in [0.05, 0.1) is 26.4 Å². The van der Waals surface area contributed by atoms with Crippen molar-refractivity contribution in [3.63, 3.8) is 0 Å². The van der Waals surface area contributed by atoms with Gasteiger partial charge in [-0.1, -0.05) is 13.8 Å². The highest BCUT2D eigenvalue weighted by Crippen LogP contribution is 2.00. The number of halogens is 1. The van der Waals surface area contributed by atoms with E-state index in [-0.39, 0.29) is 37.5 Å². The zero-order valence-electron chi connectivity index (χ0n) is 19.6. The van der Waals surface area contributed by atoms with Crippen LogP contribution in [0.4, 0.5) is 4.39 Å². The molecule has 184 valence electrons. The van der Waals surface area contributed by atoms with Crippen LogP contribution in [0.5, 0.6) is 0 Å². The Morgan fingerprint density at radius 3 is 1.97 bits per heavy atom. The number of amides is 2. The molecule has 2 amide bonds. The van der Waals surface area contributed by atoms with Crippen LogP contribution in [0.2, 0.25) is 0 Å². The van der Waals surface area contributed by atoms with Crippen LogP contribution in [0, 0.1) is 5.92 Å². The van der Waals surface area contributed by atoms with Gasteiger partial charge in [-0.2, -0.15) is 0 Å². The van der Waals surface area contributed by atoms with E-state index in [4.69, 9.17) is 18.9 Å². The number of carbonyl (C=O) groups is 2. The Labute approximate surface area is 186 Å². The smallest absolute Gasteiger partial charge is 0.245 e. The standard InChI is InChI=1S/C22H43FN2O6/c1-19(2)22(27)25-16-20(23)17-31-13-9-5-8-12-30-15-14-29-11-7-4-6-10-24-21(26)18-28-3/h19-20H,4-18H2,1-3H3,(H,24,26)(H,25,27). The molecule has 0 saturated heterocycles. The number of rotatable bonds is 22. The molecule has 2 N–H and O–H groups in total. The topological polar surface area (TPSA) is 95.1 Å². The number of ether oxygens (including phenoxy) is 4. The average Bonchev–Trinajstić information content (AvgIpc) is 2.74. The molecule has 1 atom stereocenters. The third-order valence-corrected chi connectivity index (χ3v) is 4.33. The molecule has 0 aromatic rings. The summed E-state index contributed by atoms with van der Waals surface area (Å²) in [6, 6.07) is 0. The Bertz CT molecular complexity index is 440. The van der Waals surface area contributed by atoms with E-state index in [1.807, 2.05) is 0 Å². The fourth-order valence-corrected chi connectivity index (χ4v) is 2.51. The largest absolute Gasteiger partial charge is 0.379 e. The van der Waals surface area contributed by atoms with Crippen molar-refractivity contribution in [2.45, 2.75) is 58.5 Å². The molecule has 9 heteroatoms. The first-order valence-electron chi connectivity index (χ1n) is 11.4. The van der Waals surface area contributed by atoms with E-state index >= 15 is 0 Å². The number of hydrogen-bond donors (Lipinski definition) is 2. The Kier molecular flexibility index (Phi) is 21.0. The summed E-state index contributed by atoms with van der Waals surface area (Å²) >= 11 is 0.